The summed E-state index contributed by atoms with van der Waals surface area (Å²) in [6.45, 7) is 0.507. The molecular weight excluding hydrogens is 315 g/mol. The van der Waals surface area contributed by atoms with E-state index in [0.717, 1.165) is 14.9 Å². The highest BCUT2D eigenvalue weighted by atomic mass is 127. The van der Waals surface area contributed by atoms with Crippen molar-refractivity contribution in [3.05, 3.63) is 51.7 Å². The SMILES string of the molecule is Nc1ccc(COc2cccc(I)c2)cn1. The minimum Gasteiger partial charge on any atom is -0.489 e. The number of ether oxygens (including phenoxy) is 1. The first kappa shape index (κ1) is 11.2. The Balaban J connectivity index is 1.99. The smallest absolute Gasteiger partial charge is 0.123 e. The fourth-order valence-corrected chi connectivity index (χ4v) is 1.76. The minimum atomic E-state index is 0.507. The number of rotatable bonds is 3. The molecule has 0 saturated heterocycles. The molecule has 2 aromatic rings. The van der Waals surface area contributed by atoms with Gasteiger partial charge in [-0.3, -0.25) is 0 Å². The fourth-order valence-electron chi connectivity index (χ4n) is 1.24. The van der Waals surface area contributed by atoms with Gasteiger partial charge in [0.15, 0.2) is 0 Å². The molecule has 0 saturated carbocycles. The first-order valence-corrected chi connectivity index (χ1v) is 5.91. The molecule has 16 heavy (non-hydrogen) atoms. The van der Waals surface area contributed by atoms with E-state index in [0.29, 0.717) is 12.4 Å². The number of halogens is 1. The third kappa shape index (κ3) is 3.10. The van der Waals surface area contributed by atoms with Crippen LogP contribution >= 0.6 is 22.6 Å². The van der Waals surface area contributed by atoms with Crippen molar-refractivity contribution in [2.45, 2.75) is 6.61 Å². The zero-order chi connectivity index (χ0) is 11.4. The van der Waals surface area contributed by atoms with Crippen molar-refractivity contribution in [2.24, 2.45) is 0 Å². The molecular formula is C12H11IN2O. The summed E-state index contributed by atoms with van der Waals surface area (Å²) in [6, 6.07) is 11.6. The van der Waals surface area contributed by atoms with Gasteiger partial charge in [0.2, 0.25) is 0 Å². The average molecular weight is 326 g/mol. The van der Waals surface area contributed by atoms with Gasteiger partial charge in [-0.05, 0) is 46.9 Å². The first-order chi connectivity index (χ1) is 7.74. The summed E-state index contributed by atoms with van der Waals surface area (Å²) in [5, 5.41) is 0. The van der Waals surface area contributed by atoms with Gasteiger partial charge in [0.05, 0.1) is 0 Å². The molecule has 0 atom stereocenters. The van der Waals surface area contributed by atoms with Crippen molar-refractivity contribution in [1.82, 2.24) is 4.98 Å². The Kier molecular flexibility index (Phi) is 3.61. The molecule has 4 heteroatoms. The van der Waals surface area contributed by atoms with Crippen molar-refractivity contribution >= 4 is 28.4 Å². The van der Waals surface area contributed by atoms with Crippen molar-refractivity contribution in [3.63, 3.8) is 0 Å². The Labute approximate surface area is 108 Å². The summed E-state index contributed by atoms with van der Waals surface area (Å²) in [5.41, 5.74) is 6.51. The quantitative estimate of drug-likeness (QED) is 0.883. The van der Waals surface area contributed by atoms with Crippen LogP contribution in [0, 0.1) is 3.57 Å². The van der Waals surface area contributed by atoms with E-state index in [1.165, 1.54) is 0 Å². The molecule has 2 rings (SSSR count). The number of nitrogen functional groups attached to an aromatic ring is 1. The molecule has 0 aliphatic rings. The first-order valence-electron chi connectivity index (χ1n) is 4.83. The summed E-state index contributed by atoms with van der Waals surface area (Å²) < 4.78 is 6.79. The van der Waals surface area contributed by atoms with Gasteiger partial charge in [-0.15, -0.1) is 0 Å². The van der Waals surface area contributed by atoms with Crippen LogP contribution < -0.4 is 10.5 Å². The third-order valence-corrected chi connectivity index (χ3v) is 2.72. The summed E-state index contributed by atoms with van der Waals surface area (Å²) in [6.07, 6.45) is 1.73. The molecule has 2 N–H and O–H groups in total. The lowest BCUT2D eigenvalue weighted by Crippen LogP contribution is -1.97. The topological polar surface area (TPSA) is 48.1 Å². The number of aromatic nitrogens is 1. The average Bonchev–Trinajstić information content (AvgIpc) is 2.28. The Morgan fingerprint density at radius 1 is 1.25 bits per heavy atom. The van der Waals surface area contributed by atoms with Crippen molar-refractivity contribution in [1.29, 1.82) is 0 Å². The maximum atomic E-state index is 5.63. The van der Waals surface area contributed by atoms with Crippen LogP contribution in [0.4, 0.5) is 5.82 Å². The van der Waals surface area contributed by atoms with E-state index in [4.69, 9.17) is 10.5 Å². The van der Waals surface area contributed by atoms with Gasteiger partial charge in [0, 0.05) is 15.3 Å². The van der Waals surface area contributed by atoms with Crippen LogP contribution in [0.25, 0.3) is 0 Å². The normalized spacial score (nSPS) is 10.1. The van der Waals surface area contributed by atoms with E-state index >= 15 is 0 Å². The van der Waals surface area contributed by atoms with Gasteiger partial charge in [-0.25, -0.2) is 4.98 Å². The van der Waals surface area contributed by atoms with E-state index in [1.807, 2.05) is 30.3 Å². The van der Waals surface area contributed by atoms with Crippen molar-refractivity contribution in [3.8, 4) is 5.75 Å². The summed E-state index contributed by atoms with van der Waals surface area (Å²) in [4.78, 5) is 4.01. The van der Waals surface area contributed by atoms with E-state index in [-0.39, 0.29) is 0 Å². The molecule has 3 nitrogen and oxygen atoms in total. The molecule has 0 spiro atoms. The van der Waals surface area contributed by atoms with Gasteiger partial charge in [0.1, 0.15) is 18.2 Å². The number of hydrogen-bond acceptors (Lipinski definition) is 3. The van der Waals surface area contributed by atoms with E-state index in [9.17, 15) is 0 Å². The molecule has 0 fully saturated rings. The predicted octanol–water partition coefficient (Wildman–Crippen LogP) is 2.85. The number of pyridine rings is 1. The Morgan fingerprint density at radius 3 is 2.81 bits per heavy atom. The highest BCUT2D eigenvalue weighted by molar-refractivity contribution is 14.1. The van der Waals surface area contributed by atoms with Gasteiger partial charge in [-0.2, -0.15) is 0 Å². The van der Waals surface area contributed by atoms with E-state index < -0.39 is 0 Å². The van der Waals surface area contributed by atoms with Crippen LogP contribution in [-0.4, -0.2) is 4.98 Å². The molecule has 1 aromatic carbocycles. The number of hydrogen-bond donors (Lipinski definition) is 1. The highest BCUT2D eigenvalue weighted by Gasteiger charge is 1.97. The summed E-state index contributed by atoms with van der Waals surface area (Å²) in [5.74, 6) is 1.39. The maximum absolute atomic E-state index is 5.63. The second kappa shape index (κ2) is 5.16. The van der Waals surface area contributed by atoms with Crippen molar-refractivity contribution < 1.29 is 4.74 Å². The van der Waals surface area contributed by atoms with Gasteiger partial charge in [0.25, 0.3) is 0 Å². The Bertz CT molecular complexity index is 471. The Hall–Kier alpha value is -1.30. The van der Waals surface area contributed by atoms with Gasteiger partial charge >= 0.3 is 0 Å². The molecule has 0 aliphatic heterocycles. The maximum Gasteiger partial charge on any atom is 0.123 e. The van der Waals surface area contributed by atoms with Crippen LogP contribution in [0.5, 0.6) is 5.75 Å². The van der Waals surface area contributed by atoms with Gasteiger partial charge < -0.3 is 10.5 Å². The Morgan fingerprint density at radius 2 is 2.12 bits per heavy atom. The summed E-state index contributed by atoms with van der Waals surface area (Å²) in [7, 11) is 0. The zero-order valence-corrected chi connectivity index (χ0v) is 10.7. The van der Waals surface area contributed by atoms with Crippen LogP contribution in [0.1, 0.15) is 5.56 Å². The molecule has 0 unspecified atom stereocenters. The lowest BCUT2D eigenvalue weighted by molar-refractivity contribution is 0.305. The lowest BCUT2D eigenvalue weighted by Gasteiger charge is -2.06. The van der Waals surface area contributed by atoms with Crippen molar-refractivity contribution in [2.75, 3.05) is 5.73 Å². The lowest BCUT2D eigenvalue weighted by atomic mass is 10.3. The number of benzene rings is 1. The molecule has 0 aliphatic carbocycles. The molecule has 82 valence electrons. The van der Waals surface area contributed by atoms with Crippen LogP contribution in [0.3, 0.4) is 0 Å². The predicted molar refractivity (Wildman–Crippen MR) is 72.1 cm³/mol. The molecule has 0 radical (unpaired) electrons. The number of nitrogens with zero attached hydrogens (tertiary/aromatic N) is 1. The number of anilines is 1. The van der Waals surface area contributed by atoms with Crippen LogP contribution in [-0.2, 0) is 6.61 Å². The highest BCUT2D eigenvalue weighted by Crippen LogP contribution is 2.16. The van der Waals surface area contributed by atoms with E-state index in [1.54, 1.807) is 12.3 Å². The molecule has 1 heterocycles. The van der Waals surface area contributed by atoms with E-state index in [2.05, 4.69) is 27.6 Å². The largest absolute Gasteiger partial charge is 0.489 e. The van der Waals surface area contributed by atoms with Gasteiger partial charge in [-0.1, -0.05) is 12.1 Å². The molecule has 0 amide bonds. The number of nitrogens with two attached hydrogens (primary N) is 1. The monoisotopic (exact) mass is 326 g/mol. The van der Waals surface area contributed by atoms with Crippen LogP contribution in [0.2, 0.25) is 0 Å². The molecule has 1 aromatic heterocycles. The standard InChI is InChI=1S/C12H11IN2O/c13-10-2-1-3-11(6-10)16-8-9-4-5-12(14)15-7-9/h1-7H,8H2,(H2,14,15). The zero-order valence-electron chi connectivity index (χ0n) is 8.56. The van der Waals surface area contributed by atoms with Crippen LogP contribution in [0.15, 0.2) is 42.6 Å². The third-order valence-electron chi connectivity index (χ3n) is 2.05. The molecule has 0 bridgehead atoms. The minimum absolute atomic E-state index is 0.507. The fraction of sp³-hybridized carbons (Fsp3) is 0.0833. The second-order valence-corrected chi connectivity index (χ2v) is 4.58. The second-order valence-electron chi connectivity index (χ2n) is 3.34. The summed E-state index contributed by atoms with van der Waals surface area (Å²) >= 11 is 2.26.